The van der Waals surface area contributed by atoms with Gasteiger partial charge in [0.15, 0.2) is 5.84 Å². The highest BCUT2D eigenvalue weighted by Crippen LogP contribution is 2.28. The van der Waals surface area contributed by atoms with Crippen LogP contribution < -0.4 is 5.73 Å². The molecule has 104 valence electrons. The van der Waals surface area contributed by atoms with Crippen molar-refractivity contribution in [2.45, 2.75) is 10.6 Å². The Morgan fingerprint density at radius 1 is 1.25 bits per heavy atom. The molecule has 0 aromatic heterocycles. The van der Waals surface area contributed by atoms with Gasteiger partial charge in [0.25, 0.3) is 0 Å². The van der Waals surface area contributed by atoms with Crippen molar-refractivity contribution in [3.05, 3.63) is 63.1 Å². The molecule has 0 fully saturated rings. The fraction of sp³-hybridized carbons (Fsp3) is 0.0714. The molecule has 0 atom stereocenters. The zero-order valence-electron chi connectivity index (χ0n) is 10.4. The highest BCUT2D eigenvalue weighted by atomic mass is 79.9. The van der Waals surface area contributed by atoms with Crippen molar-refractivity contribution in [3.63, 3.8) is 0 Å². The lowest BCUT2D eigenvalue weighted by Crippen LogP contribution is -2.13. The van der Waals surface area contributed by atoms with Crippen molar-refractivity contribution in [3.8, 4) is 0 Å². The van der Waals surface area contributed by atoms with Crippen LogP contribution in [-0.2, 0) is 5.75 Å². The van der Waals surface area contributed by atoms with Crippen LogP contribution in [0.15, 0.2) is 57.0 Å². The van der Waals surface area contributed by atoms with E-state index in [1.807, 2.05) is 42.5 Å². The van der Waals surface area contributed by atoms with Gasteiger partial charge in [-0.15, -0.1) is 11.8 Å². The Labute approximate surface area is 134 Å². The number of nitrogens with zero attached hydrogens (tertiary/aromatic N) is 1. The number of nitrogens with two attached hydrogens (primary N) is 1. The van der Waals surface area contributed by atoms with Crippen molar-refractivity contribution < 1.29 is 5.21 Å². The van der Waals surface area contributed by atoms with E-state index in [2.05, 4.69) is 21.1 Å². The maximum absolute atomic E-state index is 8.68. The van der Waals surface area contributed by atoms with E-state index < -0.39 is 0 Å². The molecule has 3 nitrogen and oxygen atoms in total. The summed E-state index contributed by atoms with van der Waals surface area (Å²) in [5.74, 6) is 0.943. The van der Waals surface area contributed by atoms with Crippen LogP contribution >= 0.6 is 39.3 Å². The first-order valence-electron chi connectivity index (χ1n) is 5.75. The topological polar surface area (TPSA) is 58.6 Å². The molecule has 0 saturated heterocycles. The van der Waals surface area contributed by atoms with Crippen LogP contribution in [-0.4, -0.2) is 11.0 Å². The molecule has 0 radical (unpaired) electrons. The van der Waals surface area contributed by atoms with E-state index in [1.54, 1.807) is 11.8 Å². The predicted molar refractivity (Wildman–Crippen MR) is 87.7 cm³/mol. The number of halogens is 2. The average molecular weight is 372 g/mol. The van der Waals surface area contributed by atoms with Crippen LogP contribution in [0.1, 0.15) is 11.1 Å². The van der Waals surface area contributed by atoms with E-state index in [-0.39, 0.29) is 5.84 Å². The van der Waals surface area contributed by atoms with Crippen molar-refractivity contribution in [1.29, 1.82) is 0 Å². The molecular formula is C14H12BrClN2OS. The summed E-state index contributed by atoms with van der Waals surface area (Å²) in [6.07, 6.45) is 0. The van der Waals surface area contributed by atoms with Gasteiger partial charge >= 0.3 is 0 Å². The molecule has 0 saturated carbocycles. The highest BCUT2D eigenvalue weighted by molar-refractivity contribution is 9.10. The van der Waals surface area contributed by atoms with Crippen LogP contribution in [0.2, 0.25) is 5.02 Å². The molecule has 0 spiro atoms. The Kier molecular flexibility index (Phi) is 5.34. The summed E-state index contributed by atoms with van der Waals surface area (Å²) in [6.45, 7) is 0. The number of hydrogen-bond donors (Lipinski definition) is 2. The minimum atomic E-state index is 0.0890. The maximum atomic E-state index is 8.68. The summed E-state index contributed by atoms with van der Waals surface area (Å²) < 4.78 is 0.800. The molecule has 0 aliphatic carbocycles. The van der Waals surface area contributed by atoms with Gasteiger partial charge in [-0.2, -0.15) is 0 Å². The predicted octanol–water partition coefficient (Wildman–Crippen LogP) is 4.49. The van der Waals surface area contributed by atoms with Crippen LogP contribution in [0.3, 0.4) is 0 Å². The van der Waals surface area contributed by atoms with Crippen molar-refractivity contribution in [2.24, 2.45) is 10.9 Å². The lowest BCUT2D eigenvalue weighted by atomic mass is 10.2. The monoisotopic (exact) mass is 370 g/mol. The van der Waals surface area contributed by atoms with Crippen LogP contribution in [0, 0.1) is 0 Å². The molecule has 2 rings (SSSR count). The Morgan fingerprint density at radius 3 is 2.55 bits per heavy atom. The van der Waals surface area contributed by atoms with Gasteiger partial charge in [-0.3, -0.25) is 0 Å². The number of thioether (sulfide) groups is 1. The zero-order valence-corrected chi connectivity index (χ0v) is 13.5. The molecule has 20 heavy (non-hydrogen) atoms. The standard InChI is InChI=1S/C14H12BrClN2OS/c15-13-7-11(5-6-12(13)14(17)18-19)20-8-9-1-3-10(16)4-2-9/h1-7,19H,8H2,(H2,17,18). The van der Waals surface area contributed by atoms with E-state index in [0.717, 1.165) is 20.1 Å². The Balaban J connectivity index is 2.07. The third-order valence-electron chi connectivity index (χ3n) is 2.64. The molecule has 0 bridgehead atoms. The number of rotatable bonds is 4. The van der Waals surface area contributed by atoms with Crippen LogP contribution in [0.25, 0.3) is 0 Å². The number of oxime groups is 1. The Morgan fingerprint density at radius 2 is 1.95 bits per heavy atom. The summed E-state index contributed by atoms with van der Waals surface area (Å²) in [5, 5.41) is 12.4. The van der Waals surface area contributed by atoms with E-state index in [0.29, 0.717) is 5.56 Å². The molecule has 0 aliphatic rings. The second-order valence-corrected chi connectivity index (χ2v) is 6.38. The number of amidine groups is 1. The van der Waals surface area contributed by atoms with Gasteiger partial charge in [-0.05, 0) is 51.8 Å². The molecule has 0 aliphatic heterocycles. The normalized spacial score (nSPS) is 11.6. The van der Waals surface area contributed by atoms with Gasteiger partial charge in [0.05, 0.1) is 0 Å². The molecule has 2 aromatic rings. The fourth-order valence-corrected chi connectivity index (χ4v) is 3.35. The Hall–Kier alpha value is -1.17. The summed E-state index contributed by atoms with van der Waals surface area (Å²) in [5.41, 5.74) is 7.45. The number of hydrogen-bond acceptors (Lipinski definition) is 3. The van der Waals surface area contributed by atoms with Gasteiger partial charge in [0.2, 0.25) is 0 Å². The second kappa shape index (κ2) is 7.02. The van der Waals surface area contributed by atoms with Crippen LogP contribution in [0.4, 0.5) is 0 Å². The van der Waals surface area contributed by atoms with E-state index in [9.17, 15) is 0 Å². The molecule has 6 heteroatoms. The van der Waals surface area contributed by atoms with Crippen molar-refractivity contribution in [1.82, 2.24) is 0 Å². The quantitative estimate of drug-likeness (QED) is 0.274. The lowest BCUT2D eigenvalue weighted by Gasteiger charge is -2.06. The van der Waals surface area contributed by atoms with Gasteiger partial charge in [-0.25, -0.2) is 0 Å². The molecule has 0 unspecified atom stereocenters. The third kappa shape index (κ3) is 3.91. The molecule has 0 amide bonds. The highest BCUT2D eigenvalue weighted by Gasteiger charge is 2.06. The molecular weight excluding hydrogens is 360 g/mol. The summed E-state index contributed by atoms with van der Waals surface area (Å²) in [6, 6.07) is 13.5. The van der Waals surface area contributed by atoms with Gasteiger partial charge in [-0.1, -0.05) is 28.9 Å². The minimum absolute atomic E-state index is 0.0890. The largest absolute Gasteiger partial charge is 0.409 e. The first kappa shape index (κ1) is 15.2. The van der Waals surface area contributed by atoms with E-state index in [4.69, 9.17) is 22.5 Å². The van der Waals surface area contributed by atoms with E-state index >= 15 is 0 Å². The number of benzene rings is 2. The minimum Gasteiger partial charge on any atom is -0.409 e. The second-order valence-electron chi connectivity index (χ2n) is 4.04. The smallest absolute Gasteiger partial charge is 0.171 e. The molecule has 3 N–H and O–H groups in total. The van der Waals surface area contributed by atoms with Crippen molar-refractivity contribution >= 4 is 45.1 Å². The summed E-state index contributed by atoms with van der Waals surface area (Å²) >= 11 is 11.0. The molecule has 2 aromatic carbocycles. The van der Waals surface area contributed by atoms with Gasteiger partial charge < -0.3 is 10.9 Å². The van der Waals surface area contributed by atoms with E-state index in [1.165, 1.54) is 5.56 Å². The summed E-state index contributed by atoms with van der Waals surface area (Å²) in [7, 11) is 0. The SMILES string of the molecule is N/C(=N/O)c1ccc(SCc2ccc(Cl)cc2)cc1Br. The average Bonchev–Trinajstić information content (AvgIpc) is 2.46. The first-order chi connectivity index (χ1) is 9.60. The Bertz CT molecular complexity index is 632. The van der Waals surface area contributed by atoms with Crippen molar-refractivity contribution in [2.75, 3.05) is 0 Å². The first-order valence-corrected chi connectivity index (χ1v) is 7.90. The van der Waals surface area contributed by atoms with Gasteiger partial charge in [0.1, 0.15) is 0 Å². The fourth-order valence-electron chi connectivity index (χ4n) is 1.59. The zero-order chi connectivity index (χ0) is 14.5. The third-order valence-corrected chi connectivity index (χ3v) is 4.62. The molecule has 0 heterocycles. The lowest BCUT2D eigenvalue weighted by molar-refractivity contribution is 0.318. The van der Waals surface area contributed by atoms with Crippen LogP contribution in [0.5, 0.6) is 0 Å². The maximum Gasteiger partial charge on any atom is 0.171 e. The van der Waals surface area contributed by atoms with Gasteiger partial charge in [0, 0.05) is 25.7 Å². The summed E-state index contributed by atoms with van der Waals surface area (Å²) in [4.78, 5) is 1.10.